The van der Waals surface area contributed by atoms with Crippen LogP contribution in [0.4, 0.5) is 0 Å². The molecule has 17 heavy (non-hydrogen) atoms. The molecule has 0 spiro atoms. The summed E-state index contributed by atoms with van der Waals surface area (Å²) in [6, 6.07) is 0.0801. The number of nitrogens with one attached hydrogen (secondary N) is 2. The van der Waals surface area contributed by atoms with E-state index in [1.807, 2.05) is 0 Å². The van der Waals surface area contributed by atoms with Crippen LogP contribution in [0.2, 0.25) is 0 Å². The Labute approximate surface area is 104 Å². The lowest BCUT2D eigenvalue weighted by atomic mass is 9.82. The van der Waals surface area contributed by atoms with Gasteiger partial charge in [-0.05, 0) is 31.7 Å². The van der Waals surface area contributed by atoms with Crippen LogP contribution >= 0.6 is 0 Å². The van der Waals surface area contributed by atoms with Crippen LogP contribution in [0.1, 0.15) is 40.0 Å². The number of aliphatic hydroxyl groups excluding tert-OH is 1. The van der Waals surface area contributed by atoms with Crippen LogP contribution in [0.3, 0.4) is 0 Å². The molecule has 1 heterocycles. The van der Waals surface area contributed by atoms with Crippen LogP contribution in [0, 0.1) is 11.3 Å². The van der Waals surface area contributed by atoms with Crippen molar-refractivity contribution in [1.82, 2.24) is 10.6 Å². The average molecular weight is 242 g/mol. The number of carbonyl (C=O) groups excluding carboxylic acids is 1. The van der Waals surface area contributed by atoms with E-state index in [-0.39, 0.29) is 24.0 Å². The second-order valence-electron chi connectivity index (χ2n) is 5.40. The molecule has 2 atom stereocenters. The monoisotopic (exact) mass is 242 g/mol. The Morgan fingerprint density at radius 2 is 2.24 bits per heavy atom. The molecule has 100 valence electrons. The van der Waals surface area contributed by atoms with Gasteiger partial charge in [0.25, 0.3) is 0 Å². The predicted molar refractivity (Wildman–Crippen MR) is 68.7 cm³/mol. The molecular weight excluding hydrogens is 216 g/mol. The summed E-state index contributed by atoms with van der Waals surface area (Å²) >= 11 is 0. The van der Waals surface area contributed by atoms with Crippen LogP contribution in [0.5, 0.6) is 0 Å². The first-order valence-corrected chi connectivity index (χ1v) is 6.68. The van der Waals surface area contributed by atoms with Crippen molar-refractivity contribution in [3.8, 4) is 0 Å². The molecule has 1 saturated heterocycles. The summed E-state index contributed by atoms with van der Waals surface area (Å²) < 4.78 is 0. The molecule has 0 aromatic carbocycles. The van der Waals surface area contributed by atoms with Crippen LogP contribution in [0.15, 0.2) is 0 Å². The third-order valence-electron chi connectivity index (χ3n) is 3.96. The van der Waals surface area contributed by atoms with E-state index in [1.165, 1.54) is 0 Å². The van der Waals surface area contributed by atoms with E-state index in [9.17, 15) is 4.79 Å². The molecule has 0 aliphatic carbocycles. The van der Waals surface area contributed by atoms with Gasteiger partial charge in [0.1, 0.15) is 0 Å². The number of carbonyl (C=O) groups is 1. The molecule has 2 unspecified atom stereocenters. The van der Waals surface area contributed by atoms with Gasteiger partial charge in [0.15, 0.2) is 0 Å². The van der Waals surface area contributed by atoms with E-state index in [2.05, 4.69) is 31.4 Å². The molecule has 4 heteroatoms. The van der Waals surface area contributed by atoms with Crippen molar-refractivity contribution < 1.29 is 9.90 Å². The van der Waals surface area contributed by atoms with Gasteiger partial charge in [0.05, 0.1) is 5.41 Å². The average Bonchev–Trinajstić information content (AvgIpc) is 2.78. The molecule has 1 aliphatic heterocycles. The van der Waals surface area contributed by atoms with Crippen LogP contribution in [-0.2, 0) is 4.79 Å². The highest BCUT2D eigenvalue weighted by Gasteiger charge is 2.40. The SMILES string of the molecule is CCC1(C(=O)NC(CCO)C(C)C)CCNC1. The zero-order chi connectivity index (χ0) is 12.9. The van der Waals surface area contributed by atoms with Crippen molar-refractivity contribution in [3.63, 3.8) is 0 Å². The van der Waals surface area contributed by atoms with Crippen molar-refractivity contribution in [2.45, 2.75) is 46.1 Å². The fraction of sp³-hybridized carbons (Fsp3) is 0.923. The van der Waals surface area contributed by atoms with Crippen molar-refractivity contribution in [3.05, 3.63) is 0 Å². The van der Waals surface area contributed by atoms with Gasteiger partial charge in [0.2, 0.25) is 5.91 Å². The molecular formula is C13H26N2O2. The summed E-state index contributed by atoms with van der Waals surface area (Å²) in [6.07, 6.45) is 2.42. The smallest absolute Gasteiger partial charge is 0.227 e. The lowest BCUT2D eigenvalue weighted by Crippen LogP contribution is -2.48. The lowest BCUT2D eigenvalue weighted by molar-refractivity contribution is -0.131. The molecule has 1 aliphatic rings. The quantitative estimate of drug-likeness (QED) is 0.648. The molecule has 0 aromatic heterocycles. The third kappa shape index (κ3) is 3.42. The number of amides is 1. The summed E-state index contributed by atoms with van der Waals surface area (Å²) in [5.74, 6) is 0.506. The molecule has 3 N–H and O–H groups in total. The predicted octanol–water partition coefficient (Wildman–Crippen LogP) is 0.899. The van der Waals surface area contributed by atoms with E-state index in [4.69, 9.17) is 5.11 Å². The third-order valence-corrected chi connectivity index (χ3v) is 3.96. The lowest BCUT2D eigenvalue weighted by Gasteiger charge is -2.30. The minimum Gasteiger partial charge on any atom is -0.396 e. The number of rotatable bonds is 6. The maximum absolute atomic E-state index is 12.4. The Balaban J connectivity index is 2.62. The highest BCUT2D eigenvalue weighted by molar-refractivity contribution is 5.83. The molecule has 4 nitrogen and oxygen atoms in total. The Morgan fingerprint density at radius 3 is 2.65 bits per heavy atom. The van der Waals surface area contributed by atoms with Crippen molar-refractivity contribution in [2.75, 3.05) is 19.7 Å². The van der Waals surface area contributed by atoms with Gasteiger partial charge in [-0.1, -0.05) is 20.8 Å². The summed E-state index contributed by atoms with van der Waals surface area (Å²) in [7, 11) is 0. The zero-order valence-corrected chi connectivity index (χ0v) is 11.3. The molecule has 0 aromatic rings. The zero-order valence-electron chi connectivity index (χ0n) is 11.3. The molecule has 1 fully saturated rings. The summed E-state index contributed by atoms with van der Waals surface area (Å²) in [6.45, 7) is 8.05. The normalized spacial score (nSPS) is 26.2. The Morgan fingerprint density at radius 1 is 1.53 bits per heavy atom. The molecule has 1 rings (SSSR count). The second-order valence-corrected chi connectivity index (χ2v) is 5.40. The fourth-order valence-corrected chi connectivity index (χ4v) is 2.43. The van der Waals surface area contributed by atoms with Gasteiger partial charge in [-0.2, -0.15) is 0 Å². The number of aliphatic hydroxyl groups is 1. The number of hydrogen-bond donors (Lipinski definition) is 3. The van der Waals surface area contributed by atoms with Gasteiger partial charge >= 0.3 is 0 Å². The van der Waals surface area contributed by atoms with E-state index >= 15 is 0 Å². The van der Waals surface area contributed by atoms with Crippen molar-refractivity contribution in [1.29, 1.82) is 0 Å². The first kappa shape index (κ1) is 14.5. The van der Waals surface area contributed by atoms with Gasteiger partial charge in [-0.25, -0.2) is 0 Å². The van der Waals surface area contributed by atoms with Crippen LogP contribution < -0.4 is 10.6 Å². The summed E-state index contributed by atoms with van der Waals surface area (Å²) in [4.78, 5) is 12.4. The minimum absolute atomic E-state index is 0.0801. The Hall–Kier alpha value is -0.610. The van der Waals surface area contributed by atoms with Crippen molar-refractivity contribution >= 4 is 5.91 Å². The van der Waals surface area contributed by atoms with Gasteiger partial charge in [0, 0.05) is 19.2 Å². The van der Waals surface area contributed by atoms with E-state index < -0.39 is 0 Å². The highest BCUT2D eigenvalue weighted by atomic mass is 16.3. The van der Waals surface area contributed by atoms with E-state index in [1.54, 1.807) is 0 Å². The fourth-order valence-electron chi connectivity index (χ4n) is 2.43. The number of hydrogen-bond acceptors (Lipinski definition) is 3. The largest absolute Gasteiger partial charge is 0.396 e. The van der Waals surface area contributed by atoms with E-state index in [0.29, 0.717) is 12.3 Å². The summed E-state index contributed by atoms with van der Waals surface area (Å²) in [5, 5.41) is 15.4. The maximum atomic E-state index is 12.4. The van der Waals surface area contributed by atoms with Gasteiger partial charge in [-0.3, -0.25) is 4.79 Å². The van der Waals surface area contributed by atoms with Crippen LogP contribution in [0.25, 0.3) is 0 Å². The Bertz CT molecular complexity index is 248. The molecule has 1 amide bonds. The standard InChI is InChI=1S/C13H26N2O2/c1-4-13(6-7-14-9-13)12(17)15-11(5-8-16)10(2)3/h10-11,14,16H,4-9H2,1-3H3,(H,15,17). The van der Waals surface area contributed by atoms with Crippen LogP contribution in [-0.4, -0.2) is 36.8 Å². The summed E-state index contributed by atoms with van der Waals surface area (Å²) in [5.41, 5.74) is -0.234. The minimum atomic E-state index is -0.234. The van der Waals surface area contributed by atoms with Gasteiger partial charge < -0.3 is 15.7 Å². The topological polar surface area (TPSA) is 61.4 Å². The highest BCUT2D eigenvalue weighted by Crippen LogP contribution is 2.30. The molecule has 0 saturated carbocycles. The van der Waals surface area contributed by atoms with Crippen molar-refractivity contribution in [2.24, 2.45) is 11.3 Å². The second kappa shape index (κ2) is 6.36. The maximum Gasteiger partial charge on any atom is 0.227 e. The first-order chi connectivity index (χ1) is 8.05. The Kier molecular flexibility index (Phi) is 5.40. The van der Waals surface area contributed by atoms with E-state index in [0.717, 1.165) is 25.9 Å². The molecule has 0 radical (unpaired) electrons. The van der Waals surface area contributed by atoms with Gasteiger partial charge in [-0.15, -0.1) is 0 Å². The first-order valence-electron chi connectivity index (χ1n) is 6.68. The molecule has 0 bridgehead atoms.